The second-order valence-corrected chi connectivity index (χ2v) is 4.61. The number of nitrogens with one attached hydrogen (secondary N) is 2. The van der Waals surface area contributed by atoms with Gasteiger partial charge in [0, 0.05) is 19.0 Å². The number of carbonyl (C=O) groups excluding carboxylic acids is 2. The SMILES string of the molecule is Cc1cc(F)c(NC(=O)C2CCC(=O)NC2)cc1F. The molecule has 1 unspecified atom stereocenters. The molecule has 1 fully saturated rings. The molecule has 0 saturated carbocycles. The Hall–Kier alpha value is -1.98. The summed E-state index contributed by atoms with van der Waals surface area (Å²) in [5.74, 6) is -2.18. The van der Waals surface area contributed by atoms with Crippen LogP contribution in [0.4, 0.5) is 14.5 Å². The standard InChI is InChI=1S/C13H14F2N2O2/c1-7-4-10(15)11(5-9(7)14)17-13(19)8-2-3-12(18)16-6-8/h4-5,8H,2-3,6H2,1H3,(H,16,18)(H,17,19). The van der Waals surface area contributed by atoms with Gasteiger partial charge in [0.05, 0.1) is 11.6 Å². The molecule has 1 aliphatic rings. The number of rotatable bonds is 2. The Morgan fingerprint density at radius 3 is 2.74 bits per heavy atom. The Morgan fingerprint density at radius 1 is 1.37 bits per heavy atom. The van der Waals surface area contributed by atoms with Gasteiger partial charge in [-0.15, -0.1) is 0 Å². The van der Waals surface area contributed by atoms with E-state index in [0.717, 1.165) is 12.1 Å². The van der Waals surface area contributed by atoms with Crippen LogP contribution in [-0.2, 0) is 9.59 Å². The first-order valence-corrected chi connectivity index (χ1v) is 6.00. The summed E-state index contributed by atoms with van der Waals surface area (Å²) in [4.78, 5) is 22.8. The Bertz CT molecular complexity index is 522. The fourth-order valence-corrected chi connectivity index (χ4v) is 1.93. The monoisotopic (exact) mass is 268 g/mol. The minimum atomic E-state index is -0.674. The summed E-state index contributed by atoms with van der Waals surface area (Å²) >= 11 is 0. The minimum absolute atomic E-state index is 0.100. The number of carbonyl (C=O) groups is 2. The molecule has 0 aromatic heterocycles. The number of amides is 2. The van der Waals surface area contributed by atoms with Gasteiger partial charge in [-0.1, -0.05) is 0 Å². The van der Waals surface area contributed by atoms with Crippen molar-refractivity contribution in [3.8, 4) is 0 Å². The zero-order valence-corrected chi connectivity index (χ0v) is 10.4. The van der Waals surface area contributed by atoms with Crippen molar-refractivity contribution < 1.29 is 18.4 Å². The molecule has 6 heteroatoms. The highest BCUT2D eigenvalue weighted by atomic mass is 19.1. The summed E-state index contributed by atoms with van der Waals surface area (Å²) < 4.78 is 26.9. The number of aryl methyl sites for hydroxylation is 1. The van der Waals surface area contributed by atoms with Crippen LogP contribution in [0.2, 0.25) is 0 Å². The van der Waals surface area contributed by atoms with Crippen molar-refractivity contribution in [3.63, 3.8) is 0 Å². The molecule has 1 aromatic rings. The molecule has 1 heterocycles. The molecular weight excluding hydrogens is 254 g/mol. The van der Waals surface area contributed by atoms with E-state index in [1.54, 1.807) is 0 Å². The molecule has 19 heavy (non-hydrogen) atoms. The first kappa shape index (κ1) is 13.5. The van der Waals surface area contributed by atoms with Crippen LogP contribution in [-0.4, -0.2) is 18.4 Å². The fraction of sp³-hybridized carbons (Fsp3) is 0.385. The Labute approximate surface area is 109 Å². The second-order valence-electron chi connectivity index (χ2n) is 4.61. The quantitative estimate of drug-likeness (QED) is 0.858. The van der Waals surface area contributed by atoms with Crippen LogP contribution >= 0.6 is 0 Å². The van der Waals surface area contributed by atoms with Crippen molar-refractivity contribution in [1.82, 2.24) is 5.32 Å². The molecule has 2 N–H and O–H groups in total. The zero-order chi connectivity index (χ0) is 14.0. The van der Waals surface area contributed by atoms with Gasteiger partial charge in [-0.3, -0.25) is 9.59 Å². The van der Waals surface area contributed by atoms with Crippen LogP contribution in [0.25, 0.3) is 0 Å². The minimum Gasteiger partial charge on any atom is -0.355 e. The van der Waals surface area contributed by atoms with E-state index >= 15 is 0 Å². The third-order valence-corrected chi connectivity index (χ3v) is 3.14. The van der Waals surface area contributed by atoms with Crippen molar-refractivity contribution in [2.45, 2.75) is 19.8 Å². The maximum atomic E-state index is 13.6. The first-order valence-electron chi connectivity index (χ1n) is 6.00. The number of piperidine rings is 1. The molecule has 1 aromatic carbocycles. The molecule has 1 saturated heterocycles. The van der Waals surface area contributed by atoms with Crippen molar-refractivity contribution in [1.29, 1.82) is 0 Å². The average molecular weight is 268 g/mol. The maximum Gasteiger partial charge on any atom is 0.229 e. The van der Waals surface area contributed by atoms with Gasteiger partial charge in [-0.2, -0.15) is 0 Å². The summed E-state index contributed by atoms with van der Waals surface area (Å²) in [5, 5.41) is 4.92. The lowest BCUT2D eigenvalue weighted by Crippen LogP contribution is -2.40. The predicted molar refractivity (Wildman–Crippen MR) is 65.5 cm³/mol. The summed E-state index contributed by atoms with van der Waals surface area (Å²) in [6.07, 6.45) is 0.677. The van der Waals surface area contributed by atoms with E-state index in [1.807, 2.05) is 0 Å². The van der Waals surface area contributed by atoms with Crippen molar-refractivity contribution in [2.75, 3.05) is 11.9 Å². The number of anilines is 1. The van der Waals surface area contributed by atoms with Gasteiger partial charge in [0.1, 0.15) is 11.6 Å². The number of hydrogen-bond acceptors (Lipinski definition) is 2. The summed E-state index contributed by atoms with van der Waals surface area (Å²) in [6.45, 7) is 1.67. The lowest BCUT2D eigenvalue weighted by molar-refractivity contribution is -0.126. The van der Waals surface area contributed by atoms with E-state index in [1.165, 1.54) is 6.92 Å². The zero-order valence-electron chi connectivity index (χ0n) is 10.4. The van der Waals surface area contributed by atoms with E-state index in [9.17, 15) is 18.4 Å². The highest BCUT2D eigenvalue weighted by Gasteiger charge is 2.25. The van der Waals surface area contributed by atoms with Crippen molar-refractivity contribution in [2.24, 2.45) is 5.92 Å². The van der Waals surface area contributed by atoms with Gasteiger partial charge in [-0.05, 0) is 25.0 Å². The molecule has 0 bridgehead atoms. The number of benzene rings is 1. The van der Waals surface area contributed by atoms with Gasteiger partial charge in [0.25, 0.3) is 0 Å². The fourth-order valence-electron chi connectivity index (χ4n) is 1.93. The van der Waals surface area contributed by atoms with E-state index < -0.39 is 23.5 Å². The van der Waals surface area contributed by atoms with Crippen LogP contribution in [0.1, 0.15) is 18.4 Å². The third-order valence-electron chi connectivity index (χ3n) is 3.14. The third kappa shape index (κ3) is 3.07. The van der Waals surface area contributed by atoms with Gasteiger partial charge >= 0.3 is 0 Å². The molecule has 2 rings (SSSR count). The largest absolute Gasteiger partial charge is 0.355 e. The Kier molecular flexibility index (Phi) is 3.78. The van der Waals surface area contributed by atoms with Gasteiger partial charge in [0.2, 0.25) is 11.8 Å². The van der Waals surface area contributed by atoms with Crippen LogP contribution in [0.3, 0.4) is 0 Å². The average Bonchev–Trinajstić information content (AvgIpc) is 2.36. The molecular formula is C13H14F2N2O2. The lowest BCUT2D eigenvalue weighted by atomic mass is 9.98. The molecule has 2 amide bonds. The van der Waals surface area contributed by atoms with Gasteiger partial charge in [-0.25, -0.2) is 8.78 Å². The molecule has 1 aliphatic heterocycles. The second kappa shape index (κ2) is 5.34. The summed E-state index contributed by atoms with van der Waals surface area (Å²) in [7, 11) is 0. The van der Waals surface area contributed by atoms with Gasteiger partial charge in [0.15, 0.2) is 0 Å². The van der Waals surface area contributed by atoms with Crippen LogP contribution in [0, 0.1) is 24.5 Å². The number of halogens is 2. The molecule has 0 spiro atoms. The topological polar surface area (TPSA) is 58.2 Å². The molecule has 4 nitrogen and oxygen atoms in total. The van der Waals surface area contributed by atoms with Gasteiger partial charge < -0.3 is 10.6 Å². The van der Waals surface area contributed by atoms with Crippen LogP contribution < -0.4 is 10.6 Å². The molecule has 0 aliphatic carbocycles. The predicted octanol–water partition coefficient (Wildman–Crippen LogP) is 1.74. The lowest BCUT2D eigenvalue weighted by Gasteiger charge is -2.21. The number of hydrogen-bond donors (Lipinski definition) is 2. The Balaban J connectivity index is 2.07. The highest BCUT2D eigenvalue weighted by Crippen LogP contribution is 2.20. The summed E-state index contributed by atoms with van der Waals surface area (Å²) in [6, 6.07) is 2.00. The smallest absolute Gasteiger partial charge is 0.229 e. The molecule has 102 valence electrons. The summed E-state index contributed by atoms with van der Waals surface area (Å²) in [5.41, 5.74) is 0.00503. The first-order chi connectivity index (χ1) is 8.97. The van der Waals surface area contributed by atoms with Crippen molar-refractivity contribution >= 4 is 17.5 Å². The van der Waals surface area contributed by atoms with E-state index in [-0.39, 0.29) is 30.1 Å². The molecule has 1 atom stereocenters. The Morgan fingerprint density at radius 2 is 2.11 bits per heavy atom. The normalized spacial score (nSPS) is 18.9. The maximum absolute atomic E-state index is 13.6. The molecule has 0 radical (unpaired) electrons. The highest BCUT2D eigenvalue weighted by molar-refractivity contribution is 5.94. The van der Waals surface area contributed by atoms with Crippen LogP contribution in [0.15, 0.2) is 12.1 Å². The van der Waals surface area contributed by atoms with E-state index in [4.69, 9.17) is 0 Å². The van der Waals surface area contributed by atoms with Crippen LogP contribution in [0.5, 0.6) is 0 Å². The van der Waals surface area contributed by atoms with Crippen molar-refractivity contribution in [3.05, 3.63) is 29.3 Å². The van der Waals surface area contributed by atoms with E-state index in [0.29, 0.717) is 6.42 Å². The van der Waals surface area contributed by atoms with E-state index in [2.05, 4.69) is 10.6 Å².